The third kappa shape index (κ3) is 9.30. The van der Waals surface area contributed by atoms with Crippen LogP contribution in [0.2, 0.25) is 0 Å². The SMILES string of the molecule is CCC[C@H](NC(=O)OC)C(=O)N1CCC[C@H]1c1ncc(-c2ccc(-c3ccc(C4=CN=C([C@@H]5CCCN5C(=O)[C@H](CCN(C)C)NC(=O)OC)C4)cc3)cc2)[nH]1. The van der Waals surface area contributed by atoms with Crippen LogP contribution in [0, 0.1) is 0 Å². The molecule has 0 unspecified atom stereocenters. The second-order valence-electron chi connectivity index (χ2n) is 14.9. The molecule has 0 spiro atoms. The van der Waals surface area contributed by atoms with Crippen LogP contribution in [0.1, 0.15) is 75.7 Å². The number of hydrogen-bond donors (Lipinski definition) is 3. The number of ether oxygens (including phenoxy) is 2. The van der Waals surface area contributed by atoms with Gasteiger partial charge in [-0.3, -0.25) is 14.6 Å². The zero-order valence-corrected chi connectivity index (χ0v) is 33.0. The molecule has 4 amide bonds. The third-order valence-corrected chi connectivity index (χ3v) is 10.9. The van der Waals surface area contributed by atoms with E-state index in [4.69, 9.17) is 14.5 Å². The van der Waals surface area contributed by atoms with Crippen molar-refractivity contribution in [2.45, 2.75) is 82.5 Å². The summed E-state index contributed by atoms with van der Waals surface area (Å²) in [5.74, 6) is 0.520. The number of allylic oxidation sites excluding steroid dienone is 1. The van der Waals surface area contributed by atoms with Crippen molar-refractivity contribution in [3.8, 4) is 22.4 Å². The van der Waals surface area contributed by atoms with E-state index in [9.17, 15) is 19.2 Å². The first-order chi connectivity index (χ1) is 27.1. The molecule has 0 aliphatic carbocycles. The minimum absolute atomic E-state index is 0.0986. The number of amides is 4. The number of alkyl carbamates (subject to hydrolysis) is 2. The van der Waals surface area contributed by atoms with Crippen molar-refractivity contribution in [2.75, 3.05) is 47.9 Å². The number of benzene rings is 2. The van der Waals surface area contributed by atoms with Gasteiger partial charge in [0.2, 0.25) is 11.8 Å². The van der Waals surface area contributed by atoms with E-state index in [1.165, 1.54) is 14.2 Å². The van der Waals surface area contributed by atoms with Crippen LogP contribution in [0.4, 0.5) is 9.59 Å². The Morgan fingerprint density at radius 1 is 0.804 bits per heavy atom. The number of rotatable bonds is 14. The van der Waals surface area contributed by atoms with E-state index >= 15 is 0 Å². The van der Waals surface area contributed by atoms with Gasteiger partial charge in [-0.25, -0.2) is 14.6 Å². The summed E-state index contributed by atoms with van der Waals surface area (Å²) >= 11 is 0. The van der Waals surface area contributed by atoms with Gasteiger partial charge in [0.25, 0.3) is 0 Å². The number of nitrogens with one attached hydrogen (secondary N) is 3. The van der Waals surface area contributed by atoms with Crippen LogP contribution in [0.3, 0.4) is 0 Å². The van der Waals surface area contributed by atoms with Gasteiger partial charge in [0.15, 0.2) is 0 Å². The molecule has 4 heterocycles. The molecule has 14 nitrogen and oxygen atoms in total. The molecule has 0 bridgehead atoms. The predicted molar refractivity (Wildman–Crippen MR) is 215 cm³/mol. The molecule has 2 aromatic carbocycles. The summed E-state index contributed by atoms with van der Waals surface area (Å²) in [6.45, 7) is 3.87. The number of carbonyl (C=O) groups is 4. The fraction of sp³-hybridized carbons (Fsp3) is 0.476. The van der Waals surface area contributed by atoms with Crippen molar-refractivity contribution >= 4 is 35.3 Å². The van der Waals surface area contributed by atoms with Crippen molar-refractivity contribution in [3.05, 3.63) is 72.3 Å². The molecule has 6 rings (SSSR count). The molecule has 298 valence electrons. The van der Waals surface area contributed by atoms with Gasteiger partial charge in [-0.05, 0) is 87.0 Å². The molecule has 1 aromatic heterocycles. The smallest absolute Gasteiger partial charge is 0.407 e. The van der Waals surface area contributed by atoms with Gasteiger partial charge in [0, 0.05) is 31.4 Å². The lowest BCUT2D eigenvalue weighted by Gasteiger charge is -2.30. The molecule has 56 heavy (non-hydrogen) atoms. The number of H-pyrrole nitrogens is 1. The molecule has 2 fully saturated rings. The highest BCUT2D eigenvalue weighted by Gasteiger charge is 2.38. The van der Waals surface area contributed by atoms with Crippen molar-refractivity contribution in [3.63, 3.8) is 0 Å². The molecule has 14 heteroatoms. The van der Waals surface area contributed by atoms with Crippen LogP contribution >= 0.6 is 0 Å². The molecule has 3 N–H and O–H groups in total. The Morgan fingerprint density at radius 3 is 1.91 bits per heavy atom. The Kier molecular flexibility index (Phi) is 13.2. The highest BCUT2D eigenvalue weighted by molar-refractivity contribution is 6.03. The van der Waals surface area contributed by atoms with Crippen LogP contribution in [0.5, 0.6) is 0 Å². The molecule has 4 atom stereocenters. The summed E-state index contributed by atoms with van der Waals surface area (Å²) in [4.78, 5) is 69.8. The van der Waals surface area contributed by atoms with Crippen molar-refractivity contribution in [2.24, 2.45) is 4.99 Å². The molecule has 0 radical (unpaired) electrons. The number of carbonyl (C=O) groups excluding carboxylic acids is 4. The molecule has 0 saturated carbocycles. The van der Waals surface area contributed by atoms with Gasteiger partial charge in [0.1, 0.15) is 17.9 Å². The quantitative estimate of drug-likeness (QED) is 0.186. The maximum absolute atomic E-state index is 13.7. The molecule has 3 aromatic rings. The average Bonchev–Trinajstić information content (AvgIpc) is 4.06. The van der Waals surface area contributed by atoms with E-state index in [1.807, 2.05) is 48.1 Å². The zero-order chi connectivity index (χ0) is 39.8. The number of imidazole rings is 1. The topological polar surface area (TPSA) is 162 Å². The Balaban J connectivity index is 1.06. The highest BCUT2D eigenvalue weighted by atomic mass is 16.5. The lowest BCUT2D eigenvalue weighted by atomic mass is 9.96. The van der Waals surface area contributed by atoms with Gasteiger partial charge in [-0.1, -0.05) is 61.9 Å². The lowest BCUT2D eigenvalue weighted by Crippen LogP contribution is -2.52. The molecule has 3 aliphatic rings. The Morgan fingerprint density at radius 2 is 1.34 bits per heavy atom. The molecule has 3 aliphatic heterocycles. The van der Waals surface area contributed by atoms with Gasteiger partial charge in [-0.2, -0.15) is 0 Å². The largest absolute Gasteiger partial charge is 0.453 e. The number of likely N-dealkylation sites (tertiary alicyclic amines) is 2. The summed E-state index contributed by atoms with van der Waals surface area (Å²) in [6, 6.07) is 15.2. The predicted octanol–water partition coefficient (Wildman–Crippen LogP) is 5.78. The van der Waals surface area contributed by atoms with Crippen LogP contribution < -0.4 is 10.6 Å². The van der Waals surface area contributed by atoms with E-state index in [2.05, 4.69) is 69.1 Å². The van der Waals surface area contributed by atoms with E-state index in [-0.39, 0.29) is 23.9 Å². The van der Waals surface area contributed by atoms with Gasteiger partial charge in [-0.15, -0.1) is 0 Å². The first kappa shape index (κ1) is 40.2. The zero-order valence-electron chi connectivity index (χ0n) is 33.0. The Labute approximate surface area is 328 Å². The number of methoxy groups -OCH3 is 2. The van der Waals surface area contributed by atoms with Crippen LogP contribution in [0.15, 0.2) is 65.9 Å². The highest BCUT2D eigenvalue weighted by Crippen LogP contribution is 2.34. The van der Waals surface area contributed by atoms with Gasteiger partial charge in [0.05, 0.1) is 38.2 Å². The maximum atomic E-state index is 13.7. The lowest BCUT2D eigenvalue weighted by molar-refractivity contribution is -0.135. The fourth-order valence-corrected chi connectivity index (χ4v) is 7.88. The number of aromatic nitrogens is 2. The van der Waals surface area contributed by atoms with Gasteiger partial charge < -0.3 is 39.8 Å². The monoisotopic (exact) mass is 766 g/mol. The van der Waals surface area contributed by atoms with E-state index in [0.717, 1.165) is 77.2 Å². The molecular formula is C42H54N8O6. The van der Waals surface area contributed by atoms with Crippen LogP contribution in [-0.4, -0.2) is 120 Å². The third-order valence-electron chi connectivity index (χ3n) is 10.9. The van der Waals surface area contributed by atoms with E-state index < -0.39 is 24.3 Å². The van der Waals surface area contributed by atoms with Crippen molar-refractivity contribution in [1.82, 2.24) is 35.3 Å². The second-order valence-corrected chi connectivity index (χ2v) is 14.9. The van der Waals surface area contributed by atoms with Crippen LogP contribution in [0.25, 0.3) is 28.0 Å². The number of hydrogen-bond acceptors (Lipinski definition) is 9. The fourth-order valence-electron chi connectivity index (χ4n) is 7.88. The number of aromatic amines is 1. The minimum Gasteiger partial charge on any atom is -0.453 e. The summed E-state index contributed by atoms with van der Waals surface area (Å²) in [6.07, 6.45) is 8.32. The first-order valence-electron chi connectivity index (χ1n) is 19.6. The van der Waals surface area contributed by atoms with Crippen molar-refractivity contribution in [1.29, 1.82) is 0 Å². The standard InChI is InChI=1S/C42H54N8O6/c1-6-9-32(46-41(53)55-4)39(51)50-22-8-11-37(50)38-44-26-35(45-38)30-18-16-28(17-19-30)27-12-14-29(15-13-27)31-24-34(43-25-31)36-10-7-21-49(36)40(52)33(20-23-48(2)3)47-42(54)56-5/h12-19,25-26,32-33,36-37H,6-11,20-24H2,1-5H3,(H,44,45)(H,46,53)(H,47,54)/t32-,33-,36-,37-/m0/s1. The first-order valence-corrected chi connectivity index (χ1v) is 19.6. The van der Waals surface area contributed by atoms with Gasteiger partial charge >= 0.3 is 12.2 Å². The second kappa shape index (κ2) is 18.4. The number of aliphatic imine (C=N–C) groups is 1. The summed E-state index contributed by atoms with van der Waals surface area (Å²) < 4.78 is 9.56. The summed E-state index contributed by atoms with van der Waals surface area (Å²) in [5, 5.41) is 5.44. The average molecular weight is 767 g/mol. The van der Waals surface area contributed by atoms with E-state index in [0.29, 0.717) is 38.9 Å². The van der Waals surface area contributed by atoms with Crippen molar-refractivity contribution < 1.29 is 28.7 Å². The van der Waals surface area contributed by atoms with Crippen LogP contribution in [-0.2, 0) is 19.1 Å². The summed E-state index contributed by atoms with van der Waals surface area (Å²) in [5.41, 5.74) is 7.19. The Hall–Kier alpha value is -5.50. The maximum Gasteiger partial charge on any atom is 0.407 e. The Bertz CT molecular complexity index is 1920. The molecule has 2 saturated heterocycles. The minimum atomic E-state index is -0.666. The number of nitrogens with zero attached hydrogens (tertiary/aromatic N) is 5. The molecular weight excluding hydrogens is 713 g/mol. The summed E-state index contributed by atoms with van der Waals surface area (Å²) in [7, 11) is 6.48. The van der Waals surface area contributed by atoms with E-state index in [1.54, 1.807) is 0 Å². The normalized spacial score (nSPS) is 19.0.